The molecule has 1 fully saturated rings. The molecule has 0 saturated carbocycles. The fraction of sp³-hybridized carbons (Fsp3) is 0.588. The van der Waals surface area contributed by atoms with Gasteiger partial charge in [0, 0.05) is 30.1 Å². The largest absolute Gasteiger partial charge is 0.393 e. The van der Waals surface area contributed by atoms with Gasteiger partial charge in [-0.25, -0.2) is 0 Å². The Balaban J connectivity index is 1.65. The van der Waals surface area contributed by atoms with E-state index < -0.39 is 0 Å². The molecule has 122 valence electrons. The SMILES string of the molecule is CCSc1ccc(C(=O)NCCCN2CCC(O)CC2)cc1. The van der Waals surface area contributed by atoms with Crippen molar-refractivity contribution in [3.05, 3.63) is 29.8 Å². The number of piperidine rings is 1. The third-order valence-electron chi connectivity index (χ3n) is 3.92. The number of benzene rings is 1. The van der Waals surface area contributed by atoms with Gasteiger partial charge in [-0.1, -0.05) is 6.92 Å². The highest BCUT2D eigenvalue weighted by Gasteiger charge is 2.16. The van der Waals surface area contributed by atoms with Crippen molar-refractivity contribution in [2.45, 2.75) is 37.2 Å². The van der Waals surface area contributed by atoms with Crippen molar-refractivity contribution in [1.82, 2.24) is 10.2 Å². The molecule has 0 unspecified atom stereocenters. The lowest BCUT2D eigenvalue weighted by Gasteiger charge is -2.29. The number of rotatable bonds is 7. The molecule has 1 amide bonds. The number of carbonyl (C=O) groups excluding carboxylic acids is 1. The van der Waals surface area contributed by atoms with E-state index in [4.69, 9.17) is 0 Å². The lowest BCUT2D eigenvalue weighted by atomic mass is 10.1. The molecule has 0 atom stereocenters. The average molecular weight is 322 g/mol. The van der Waals surface area contributed by atoms with Crippen molar-refractivity contribution in [2.24, 2.45) is 0 Å². The average Bonchev–Trinajstić information content (AvgIpc) is 2.54. The van der Waals surface area contributed by atoms with Crippen LogP contribution in [0.5, 0.6) is 0 Å². The van der Waals surface area contributed by atoms with Crippen LogP contribution in [0.15, 0.2) is 29.2 Å². The smallest absolute Gasteiger partial charge is 0.251 e. The number of carbonyl (C=O) groups is 1. The number of amides is 1. The van der Waals surface area contributed by atoms with E-state index in [-0.39, 0.29) is 12.0 Å². The third-order valence-corrected chi connectivity index (χ3v) is 4.82. The minimum absolute atomic E-state index is 0.00196. The minimum Gasteiger partial charge on any atom is -0.393 e. The molecule has 1 aliphatic heterocycles. The molecular weight excluding hydrogens is 296 g/mol. The molecule has 0 radical (unpaired) electrons. The van der Waals surface area contributed by atoms with Gasteiger partial charge in [0.05, 0.1) is 6.10 Å². The highest BCUT2D eigenvalue weighted by Crippen LogP contribution is 2.17. The number of aliphatic hydroxyl groups is 1. The quantitative estimate of drug-likeness (QED) is 0.598. The molecule has 5 heteroatoms. The molecule has 2 N–H and O–H groups in total. The first kappa shape index (κ1) is 17.3. The van der Waals surface area contributed by atoms with Crippen molar-refractivity contribution >= 4 is 17.7 Å². The maximum absolute atomic E-state index is 12.0. The molecule has 0 aliphatic carbocycles. The summed E-state index contributed by atoms with van der Waals surface area (Å²) in [5, 5.41) is 12.4. The molecule has 1 heterocycles. The van der Waals surface area contributed by atoms with Crippen molar-refractivity contribution < 1.29 is 9.90 Å². The van der Waals surface area contributed by atoms with E-state index in [1.54, 1.807) is 11.8 Å². The normalized spacial score (nSPS) is 16.6. The first-order valence-electron chi connectivity index (χ1n) is 8.10. The van der Waals surface area contributed by atoms with Crippen LogP contribution in [0, 0.1) is 0 Å². The maximum atomic E-state index is 12.0. The van der Waals surface area contributed by atoms with Crippen LogP contribution < -0.4 is 5.32 Å². The Morgan fingerprint density at radius 2 is 2.00 bits per heavy atom. The lowest BCUT2D eigenvalue weighted by molar-refractivity contribution is 0.0816. The van der Waals surface area contributed by atoms with Gasteiger partial charge in [0.2, 0.25) is 0 Å². The molecule has 1 aromatic carbocycles. The number of nitrogens with one attached hydrogen (secondary N) is 1. The van der Waals surface area contributed by atoms with Crippen LogP contribution in [0.4, 0.5) is 0 Å². The van der Waals surface area contributed by atoms with E-state index in [0.717, 1.165) is 50.2 Å². The summed E-state index contributed by atoms with van der Waals surface area (Å²) in [6.45, 7) is 5.73. The molecule has 2 rings (SSSR count). The summed E-state index contributed by atoms with van der Waals surface area (Å²) in [6, 6.07) is 7.78. The summed E-state index contributed by atoms with van der Waals surface area (Å²) in [7, 11) is 0. The highest BCUT2D eigenvalue weighted by atomic mass is 32.2. The van der Waals surface area contributed by atoms with Gasteiger partial charge in [-0.2, -0.15) is 0 Å². The maximum Gasteiger partial charge on any atom is 0.251 e. The molecule has 4 nitrogen and oxygen atoms in total. The van der Waals surface area contributed by atoms with Crippen LogP contribution in [0.25, 0.3) is 0 Å². The zero-order chi connectivity index (χ0) is 15.8. The summed E-state index contributed by atoms with van der Waals surface area (Å²) < 4.78 is 0. The van der Waals surface area contributed by atoms with Gasteiger partial charge in [-0.05, 0) is 55.8 Å². The van der Waals surface area contributed by atoms with E-state index in [0.29, 0.717) is 6.54 Å². The number of thioether (sulfide) groups is 1. The molecule has 0 bridgehead atoms. The molecule has 0 spiro atoms. The van der Waals surface area contributed by atoms with Crippen LogP contribution in [0.1, 0.15) is 36.5 Å². The second-order valence-corrected chi connectivity index (χ2v) is 6.98. The van der Waals surface area contributed by atoms with Gasteiger partial charge in [-0.3, -0.25) is 4.79 Å². The zero-order valence-electron chi connectivity index (χ0n) is 13.3. The summed E-state index contributed by atoms with van der Waals surface area (Å²) in [5.41, 5.74) is 0.724. The second kappa shape index (κ2) is 9.18. The Kier molecular flexibility index (Phi) is 7.22. The Morgan fingerprint density at radius 3 is 2.64 bits per heavy atom. The number of nitrogens with zero attached hydrogens (tertiary/aromatic N) is 1. The Hall–Kier alpha value is -1.04. The molecule has 22 heavy (non-hydrogen) atoms. The van der Waals surface area contributed by atoms with Crippen molar-refractivity contribution in [2.75, 3.05) is 31.9 Å². The van der Waals surface area contributed by atoms with Crippen LogP contribution in [-0.4, -0.2) is 53.9 Å². The Morgan fingerprint density at radius 1 is 1.32 bits per heavy atom. The van der Waals surface area contributed by atoms with E-state index in [9.17, 15) is 9.90 Å². The Bertz CT molecular complexity index is 456. The van der Waals surface area contributed by atoms with E-state index >= 15 is 0 Å². The number of aliphatic hydroxyl groups excluding tert-OH is 1. The fourth-order valence-corrected chi connectivity index (χ4v) is 3.28. The van der Waals surface area contributed by atoms with Crippen LogP contribution in [0.3, 0.4) is 0 Å². The van der Waals surface area contributed by atoms with Crippen molar-refractivity contribution in [1.29, 1.82) is 0 Å². The Labute approximate surface area is 137 Å². The fourth-order valence-electron chi connectivity index (χ4n) is 2.62. The lowest BCUT2D eigenvalue weighted by Crippen LogP contribution is -2.37. The van der Waals surface area contributed by atoms with Gasteiger partial charge in [0.1, 0.15) is 0 Å². The van der Waals surface area contributed by atoms with Crippen molar-refractivity contribution in [3.63, 3.8) is 0 Å². The predicted molar refractivity (Wildman–Crippen MR) is 91.5 cm³/mol. The standard InChI is InChI=1S/C17H26N2O2S/c1-2-22-16-6-4-14(5-7-16)17(21)18-10-3-11-19-12-8-15(20)9-13-19/h4-7,15,20H,2-3,8-13H2,1H3,(H,18,21). The van der Waals surface area contributed by atoms with Crippen LogP contribution >= 0.6 is 11.8 Å². The molecule has 1 saturated heterocycles. The van der Waals surface area contributed by atoms with E-state index in [1.807, 2.05) is 24.3 Å². The second-order valence-electron chi connectivity index (χ2n) is 5.64. The third kappa shape index (κ3) is 5.63. The highest BCUT2D eigenvalue weighted by molar-refractivity contribution is 7.99. The molecule has 1 aromatic rings. The first-order valence-corrected chi connectivity index (χ1v) is 9.09. The first-order chi connectivity index (χ1) is 10.7. The molecular formula is C17H26N2O2S. The predicted octanol–water partition coefficient (Wildman–Crippen LogP) is 2.38. The molecule has 1 aliphatic rings. The number of hydrogen-bond acceptors (Lipinski definition) is 4. The van der Waals surface area contributed by atoms with Crippen molar-refractivity contribution in [3.8, 4) is 0 Å². The monoisotopic (exact) mass is 322 g/mol. The number of likely N-dealkylation sites (tertiary alicyclic amines) is 1. The van der Waals surface area contributed by atoms with Gasteiger partial charge in [0.15, 0.2) is 0 Å². The number of hydrogen-bond donors (Lipinski definition) is 2. The van der Waals surface area contributed by atoms with Gasteiger partial charge < -0.3 is 15.3 Å². The van der Waals surface area contributed by atoms with E-state index in [2.05, 4.69) is 17.1 Å². The topological polar surface area (TPSA) is 52.6 Å². The molecule has 0 aromatic heterocycles. The zero-order valence-corrected chi connectivity index (χ0v) is 14.1. The summed E-state index contributed by atoms with van der Waals surface area (Å²) in [4.78, 5) is 15.6. The van der Waals surface area contributed by atoms with Crippen LogP contribution in [-0.2, 0) is 0 Å². The summed E-state index contributed by atoms with van der Waals surface area (Å²) in [5.74, 6) is 1.04. The minimum atomic E-state index is -0.121. The van der Waals surface area contributed by atoms with Gasteiger partial charge in [-0.15, -0.1) is 11.8 Å². The van der Waals surface area contributed by atoms with Gasteiger partial charge >= 0.3 is 0 Å². The summed E-state index contributed by atoms with van der Waals surface area (Å²) in [6.07, 6.45) is 2.57. The van der Waals surface area contributed by atoms with Crippen LogP contribution in [0.2, 0.25) is 0 Å². The van der Waals surface area contributed by atoms with Gasteiger partial charge in [0.25, 0.3) is 5.91 Å². The summed E-state index contributed by atoms with van der Waals surface area (Å²) >= 11 is 1.78. The van der Waals surface area contributed by atoms with E-state index in [1.165, 1.54) is 4.90 Å².